The quantitative estimate of drug-likeness (QED) is 0.685. The number of nitrogens with zero attached hydrogens (tertiary/aromatic N) is 2. The van der Waals surface area contributed by atoms with Crippen molar-refractivity contribution in [3.05, 3.63) is 11.1 Å². The van der Waals surface area contributed by atoms with Gasteiger partial charge in [-0.15, -0.1) is 11.3 Å². The number of amides is 2. The van der Waals surface area contributed by atoms with Gasteiger partial charge in [-0.05, 0) is 13.3 Å². The Bertz CT molecular complexity index is 464. The minimum absolute atomic E-state index is 0.0233. The number of hydrogen-bond acceptors (Lipinski definition) is 6. The molecule has 1 aromatic heterocycles. The molecule has 0 saturated carbocycles. The van der Waals surface area contributed by atoms with Crippen molar-refractivity contribution in [3.8, 4) is 0 Å². The van der Waals surface area contributed by atoms with Crippen LogP contribution >= 0.6 is 11.3 Å². The van der Waals surface area contributed by atoms with Crippen LogP contribution in [0.5, 0.6) is 0 Å². The van der Waals surface area contributed by atoms with E-state index < -0.39 is 0 Å². The van der Waals surface area contributed by atoms with Crippen LogP contribution in [-0.2, 0) is 19.1 Å². The monoisotopic (exact) mass is 315 g/mol. The Balaban J connectivity index is 2.53. The summed E-state index contributed by atoms with van der Waals surface area (Å²) in [5.74, 6) is -0.495. The fourth-order valence-electron chi connectivity index (χ4n) is 1.65. The summed E-state index contributed by atoms with van der Waals surface area (Å²) in [6.45, 7) is 2.76. The molecule has 7 nitrogen and oxygen atoms in total. The number of carbonyl (C=O) groups is 2. The van der Waals surface area contributed by atoms with Gasteiger partial charge in [0.25, 0.3) is 0 Å². The third kappa shape index (κ3) is 6.65. The summed E-state index contributed by atoms with van der Waals surface area (Å²) in [7, 11) is 3.04. The highest BCUT2D eigenvalue weighted by molar-refractivity contribution is 7.13. The highest BCUT2D eigenvalue weighted by Gasteiger charge is 2.17. The minimum Gasteiger partial charge on any atom is -0.385 e. The number of aryl methyl sites for hydroxylation is 1. The summed E-state index contributed by atoms with van der Waals surface area (Å²) in [5, 5.41) is 5.07. The minimum atomic E-state index is -0.272. The Morgan fingerprint density at radius 2 is 2.14 bits per heavy atom. The molecule has 0 aliphatic heterocycles. The molecule has 0 unspecified atom stereocenters. The van der Waals surface area contributed by atoms with E-state index in [4.69, 9.17) is 9.47 Å². The number of hydrogen-bond donors (Lipinski definition) is 1. The van der Waals surface area contributed by atoms with E-state index in [-0.39, 0.29) is 25.0 Å². The zero-order valence-electron chi connectivity index (χ0n) is 12.5. The summed E-state index contributed by atoms with van der Waals surface area (Å²) in [6.07, 6.45) is 0.662. The van der Waals surface area contributed by atoms with E-state index >= 15 is 0 Å². The van der Waals surface area contributed by atoms with Gasteiger partial charge in [0.1, 0.15) is 6.61 Å². The van der Waals surface area contributed by atoms with Gasteiger partial charge in [0.05, 0.1) is 12.2 Å². The first kappa shape index (κ1) is 17.5. The van der Waals surface area contributed by atoms with E-state index in [1.165, 1.54) is 23.3 Å². The van der Waals surface area contributed by atoms with Gasteiger partial charge in [-0.3, -0.25) is 9.59 Å². The van der Waals surface area contributed by atoms with Crippen LogP contribution in [0, 0.1) is 6.92 Å². The first-order valence-corrected chi connectivity index (χ1v) is 7.42. The summed E-state index contributed by atoms with van der Waals surface area (Å²) in [5.41, 5.74) is 0.850. The fraction of sp³-hybridized carbons (Fsp3) is 0.615. The van der Waals surface area contributed by atoms with Crippen LogP contribution in [0.3, 0.4) is 0 Å². The summed E-state index contributed by atoms with van der Waals surface area (Å²) in [6, 6.07) is 0. The van der Waals surface area contributed by atoms with Gasteiger partial charge in [-0.2, -0.15) is 0 Å². The van der Waals surface area contributed by atoms with Crippen LogP contribution < -0.4 is 5.32 Å². The molecule has 2 amide bonds. The van der Waals surface area contributed by atoms with Crippen LogP contribution in [-0.4, -0.2) is 62.2 Å². The fourth-order valence-corrected chi connectivity index (χ4v) is 2.35. The zero-order valence-corrected chi connectivity index (χ0v) is 13.4. The van der Waals surface area contributed by atoms with Crippen molar-refractivity contribution in [3.63, 3.8) is 0 Å². The van der Waals surface area contributed by atoms with Gasteiger partial charge >= 0.3 is 0 Å². The summed E-state index contributed by atoms with van der Waals surface area (Å²) >= 11 is 1.35. The highest BCUT2D eigenvalue weighted by Crippen LogP contribution is 2.14. The lowest BCUT2D eigenvalue weighted by Gasteiger charge is -2.21. The molecule has 0 fully saturated rings. The molecule has 118 valence electrons. The average molecular weight is 315 g/mol. The maximum atomic E-state index is 12.0. The molecule has 0 radical (unpaired) electrons. The number of aromatic nitrogens is 1. The second kappa shape index (κ2) is 9.43. The largest absolute Gasteiger partial charge is 0.385 e. The molecular formula is C13H21N3O4S. The lowest BCUT2D eigenvalue weighted by Crippen LogP contribution is -2.40. The molecule has 1 rings (SSSR count). The normalized spacial score (nSPS) is 10.4. The lowest BCUT2D eigenvalue weighted by atomic mass is 10.3. The number of ether oxygens (including phenoxy) is 2. The Morgan fingerprint density at radius 3 is 2.71 bits per heavy atom. The van der Waals surface area contributed by atoms with Crippen molar-refractivity contribution in [1.29, 1.82) is 0 Å². The van der Waals surface area contributed by atoms with Crippen LogP contribution in [0.1, 0.15) is 12.1 Å². The molecule has 0 aromatic carbocycles. The molecular weight excluding hydrogens is 294 g/mol. The van der Waals surface area contributed by atoms with Crippen molar-refractivity contribution in [2.24, 2.45) is 0 Å². The summed E-state index contributed by atoms with van der Waals surface area (Å²) in [4.78, 5) is 29.5. The molecule has 0 aliphatic rings. The third-order valence-electron chi connectivity index (χ3n) is 2.60. The number of thiazole rings is 1. The predicted octanol–water partition coefficient (Wildman–Crippen LogP) is 0.902. The van der Waals surface area contributed by atoms with Crippen molar-refractivity contribution in [2.45, 2.75) is 13.3 Å². The molecule has 8 heteroatoms. The van der Waals surface area contributed by atoms with E-state index in [1.807, 2.05) is 12.3 Å². The topological polar surface area (TPSA) is 80.8 Å². The first-order chi connectivity index (χ1) is 10.1. The summed E-state index contributed by atoms with van der Waals surface area (Å²) < 4.78 is 9.79. The van der Waals surface area contributed by atoms with Crippen LogP contribution in [0.15, 0.2) is 5.38 Å². The van der Waals surface area contributed by atoms with Gasteiger partial charge in [-0.1, -0.05) is 0 Å². The average Bonchev–Trinajstić information content (AvgIpc) is 2.83. The second-order valence-electron chi connectivity index (χ2n) is 4.44. The molecule has 0 atom stereocenters. The van der Waals surface area contributed by atoms with Gasteiger partial charge < -0.3 is 19.7 Å². The van der Waals surface area contributed by atoms with Gasteiger partial charge in [0.2, 0.25) is 11.8 Å². The molecule has 1 heterocycles. The van der Waals surface area contributed by atoms with Gasteiger partial charge in [0, 0.05) is 32.8 Å². The van der Waals surface area contributed by atoms with E-state index in [2.05, 4.69) is 10.3 Å². The first-order valence-electron chi connectivity index (χ1n) is 6.54. The SMILES string of the molecule is COCCCN(CC(=O)Nc1nc(C)cs1)C(=O)COC. The van der Waals surface area contributed by atoms with E-state index in [0.29, 0.717) is 24.7 Å². The Labute approximate surface area is 128 Å². The van der Waals surface area contributed by atoms with E-state index in [9.17, 15) is 9.59 Å². The maximum absolute atomic E-state index is 12.0. The second-order valence-corrected chi connectivity index (χ2v) is 5.29. The molecule has 21 heavy (non-hydrogen) atoms. The van der Waals surface area contributed by atoms with Crippen molar-refractivity contribution >= 4 is 28.3 Å². The standard InChI is InChI=1S/C13H21N3O4S/c1-10-9-21-13(14-10)15-11(17)7-16(5-4-6-19-2)12(18)8-20-3/h9H,4-8H2,1-3H3,(H,14,15,17). The molecule has 0 bridgehead atoms. The van der Waals surface area contributed by atoms with E-state index in [1.54, 1.807) is 7.11 Å². The van der Waals surface area contributed by atoms with Gasteiger partial charge in [0.15, 0.2) is 5.13 Å². The predicted molar refractivity (Wildman–Crippen MR) is 80.4 cm³/mol. The van der Waals surface area contributed by atoms with Crippen LogP contribution in [0.4, 0.5) is 5.13 Å². The molecule has 0 saturated heterocycles. The smallest absolute Gasteiger partial charge is 0.249 e. The number of methoxy groups -OCH3 is 2. The van der Waals surface area contributed by atoms with E-state index in [0.717, 1.165) is 5.69 Å². The molecule has 1 N–H and O–H groups in total. The Kier molecular flexibility index (Phi) is 7.88. The highest BCUT2D eigenvalue weighted by atomic mass is 32.1. The lowest BCUT2D eigenvalue weighted by molar-refractivity contribution is -0.138. The van der Waals surface area contributed by atoms with Crippen molar-refractivity contribution < 1.29 is 19.1 Å². The van der Waals surface area contributed by atoms with Crippen LogP contribution in [0.2, 0.25) is 0 Å². The third-order valence-corrected chi connectivity index (χ3v) is 3.47. The zero-order chi connectivity index (χ0) is 15.7. The molecule has 0 aliphatic carbocycles. The van der Waals surface area contributed by atoms with Gasteiger partial charge in [-0.25, -0.2) is 4.98 Å². The molecule has 0 spiro atoms. The van der Waals surface area contributed by atoms with Crippen LogP contribution in [0.25, 0.3) is 0 Å². The number of carbonyl (C=O) groups excluding carboxylic acids is 2. The Hall–Kier alpha value is -1.51. The van der Waals surface area contributed by atoms with Crippen molar-refractivity contribution in [1.82, 2.24) is 9.88 Å². The number of rotatable bonds is 9. The maximum Gasteiger partial charge on any atom is 0.249 e. The molecule has 1 aromatic rings. The van der Waals surface area contributed by atoms with Crippen molar-refractivity contribution in [2.75, 3.05) is 45.8 Å². The Morgan fingerprint density at radius 1 is 1.38 bits per heavy atom. The number of nitrogens with one attached hydrogen (secondary N) is 1. The number of anilines is 1.